The minimum Gasteiger partial charge on any atom is -0.379 e. The van der Waals surface area contributed by atoms with Crippen LogP contribution in [-0.2, 0) is 16.2 Å². The Hall–Kier alpha value is -1.44. The Bertz CT molecular complexity index is 534. The average molecular weight is 255 g/mol. The predicted octanol–water partition coefficient (Wildman–Crippen LogP) is 1.18. The third-order valence-electron chi connectivity index (χ3n) is 2.38. The molecule has 6 nitrogen and oxygen atoms in total. The van der Waals surface area contributed by atoms with Crippen LogP contribution in [0.1, 0.15) is 15.4 Å². The van der Waals surface area contributed by atoms with E-state index in [-0.39, 0.29) is 5.91 Å². The molecule has 92 valence electrons. The molecule has 0 aliphatic carbocycles. The van der Waals surface area contributed by atoms with E-state index in [2.05, 4.69) is 4.98 Å². The Labute approximate surface area is 102 Å². The van der Waals surface area contributed by atoms with E-state index in [1.165, 1.54) is 23.5 Å². The Morgan fingerprint density at radius 2 is 2.35 bits per heavy atom. The van der Waals surface area contributed by atoms with Gasteiger partial charge in [0.1, 0.15) is 16.9 Å². The highest BCUT2D eigenvalue weighted by Crippen LogP contribution is 2.25. The normalized spacial score (nSPS) is 11.0. The number of rotatable bonds is 4. The van der Waals surface area contributed by atoms with Crippen molar-refractivity contribution in [1.82, 2.24) is 14.4 Å². The van der Waals surface area contributed by atoms with Crippen molar-refractivity contribution >= 4 is 22.1 Å². The predicted molar refractivity (Wildman–Crippen MR) is 62.9 cm³/mol. The summed E-state index contributed by atoms with van der Waals surface area (Å²) in [4.78, 5) is 22.8. The molecule has 1 amide bonds. The van der Waals surface area contributed by atoms with Crippen LogP contribution < -0.4 is 0 Å². The molecule has 2 aromatic rings. The van der Waals surface area contributed by atoms with Gasteiger partial charge >= 0.3 is 0 Å². The van der Waals surface area contributed by atoms with Gasteiger partial charge in [0.2, 0.25) is 0 Å². The number of fused-ring (bicyclic) bond motifs is 1. The van der Waals surface area contributed by atoms with E-state index in [1.807, 2.05) is 0 Å². The third-order valence-corrected chi connectivity index (χ3v) is 3.44. The molecule has 0 unspecified atom stereocenters. The van der Waals surface area contributed by atoms with Crippen LogP contribution >= 0.6 is 11.3 Å². The van der Waals surface area contributed by atoms with Crippen molar-refractivity contribution in [2.75, 3.05) is 21.3 Å². The molecule has 0 aromatic carbocycles. The first-order valence-corrected chi connectivity index (χ1v) is 5.75. The smallest absolute Gasteiger partial charge is 0.295 e. The van der Waals surface area contributed by atoms with Crippen LogP contribution in [0.25, 0.3) is 4.83 Å². The van der Waals surface area contributed by atoms with Gasteiger partial charge in [-0.3, -0.25) is 14.0 Å². The minimum absolute atomic E-state index is 0.219. The zero-order valence-corrected chi connectivity index (χ0v) is 10.7. The van der Waals surface area contributed by atoms with Gasteiger partial charge < -0.3 is 4.74 Å². The molecule has 2 heterocycles. The summed E-state index contributed by atoms with van der Waals surface area (Å²) in [7, 11) is 4.62. The summed E-state index contributed by atoms with van der Waals surface area (Å²) in [5.74, 6) is -0.219. The second kappa shape index (κ2) is 4.82. The summed E-state index contributed by atoms with van der Waals surface area (Å²) in [5.41, 5.74) is 0.536. The molecule has 2 rings (SSSR count). The van der Waals surface area contributed by atoms with Crippen molar-refractivity contribution in [2.24, 2.45) is 0 Å². The Kier molecular flexibility index (Phi) is 3.41. The van der Waals surface area contributed by atoms with Gasteiger partial charge in [-0.2, -0.15) is 0 Å². The standard InChI is InChI=1S/C10H13N3O3S/c1-12(16-3)10(14)9-7(5-15-2)17-8-4-11-6-13(8)9/h4,6H,5H2,1-3H3. The van der Waals surface area contributed by atoms with E-state index in [1.54, 1.807) is 31.1 Å². The van der Waals surface area contributed by atoms with E-state index in [0.29, 0.717) is 12.3 Å². The number of ether oxygens (including phenoxy) is 1. The van der Waals surface area contributed by atoms with Gasteiger partial charge in [-0.15, -0.1) is 11.3 Å². The average Bonchev–Trinajstić information content (AvgIpc) is 2.87. The minimum atomic E-state index is -0.219. The molecule has 0 saturated carbocycles. The lowest BCUT2D eigenvalue weighted by Gasteiger charge is -2.13. The van der Waals surface area contributed by atoms with E-state index in [9.17, 15) is 4.79 Å². The molecule has 17 heavy (non-hydrogen) atoms. The summed E-state index contributed by atoms with van der Waals surface area (Å²) >= 11 is 1.48. The lowest BCUT2D eigenvalue weighted by atomic mass is 10.3. The van der Waals surface area contributed by atoms with Gasteiger partial charge in [-0.1, -0.05) is 0 Å². The zero-order chi connectivity index (χ0) is 12.4. The number of amides is 1. The first kappa shape index (κ1) is 12.0. The van der Waals surface area contributed by atoms with Crippen molar-refractivity contribution < 1.29 is 14.4 Å². The molecule has 0 spiro atoms. The van der Waals surface area contributed by atoms with Crippen molar-refractivity contribution in [2.45, 2.75) is 6.61 Å². The van der Waals surface area contributed by atoms with E-state index in [0.717, 1.165) is 9.71 Å². The lowest BCUT2D eigenvalue weighted by molar-refractivity contribution is -0.0762. The summed E-state index contributed by atoms with van der Waals surface area (Å²) in [6, 6.07) is 0. The monoisotopic (exact) mass is 255 g/mol. The maximum Gasteiger partial charge on any atom is 0.295 e. The first-order valence-electron chi connectivity index (χ1n) is 4.93. The fourth-order valence-electron chi connectivity index (χ4n) is 1.52. The number of methoxy groups -OCH3 is 1. The Balaban J connectivity index is 2.51. The number of carbonyl (C=O) groups is 1. The quantitative estimate of drug-likeness (QED) is 0.770. The van der Waals surface area contributed by atoms with Gasteiger partial charge in [0.25, 0.3) is 5.91 Å². The summed E-state index contributed by atoms with van der Waals surface area (Å²) in [6.45, 7) is 0.394. The van der Waals surface area contributed by atoms with Crippen LogP contribution in [0.5, 0.6) is 0 Å². The largest absolute Gasteiger partial charge is 0.379 e. The van der Waals surface area contributed by atoms with Gasteiger partial charge in [-0.25, -0.2) is 10.0 Å². The molecule has 0 atom stereocenters. The number of hydrogen-bond acceptors (Lipinski definition) is 5. The second-order valence-electron chi connectivity index (χ2n) is 3.39. The van der Waals surface area contributed by atoms with Crippen molar-refractivity contribution in [3.05, 3.63) is 23.1 Å². The van der Waals surface area contributed by atoms with Crippen molar-refractivity contribution in [1.29, 1.82) is 0 Å². The second-order valence-corrected chi connectivity index (χ2v) is 4.51. The molecular weight excluding hydrogens is 242 g/mol. The zero-order valence-electron chi connectivity index (χ0n) is 9.84. The molecule has 0 N–H and O–H groups in total. The number of hydroxylamine groups is 2. The van der Waals surface area contributed by atoms with Crippen LogP contribution in [0.15, 0.2) is 12.5 Å². The fraction of sp³-hybridized carbons (Fsp3) is 0.400. The Morgan fingerprint density at radius 1 is 1.59 bits per heavy atom. The fourth-order valence-corrected chi connectivity index (χ4v) is 2.58. The van der Waals surface area contributed by atoms with Crippen LogP contribution in [0.2, 0.25) is 0 Å². The number of carbonyl (C=O) groups excluding carboxylic acids is 1. The number of hydrogen-bond donors (Lipinski definition) is 0. The van der Waals surface area contributed by atoms with Crippen LogP contribution in [0.3, 0.4) is 0 Å². The van der Waals surface area contributed by atoms with Crippen molar-refractivity contribution in [3.63, 3.8) is 0 Å². The lowest BCUT2D eigenvalue weighted by Crippen LogP contribution is -2.27. The molecule has 2 aromatic heterocycles. The molecule has 0 aliphatic heterocycles. The Morgan fingerprint density at radius 3 is 3.00 bits per heavy atom. The highest BCUT2D eigenvalue weighted by Gasteiger charge is 2.22. The van der Waals surface area contributed by atoms with Crippen LogP contribution in [-0.4, -0.2) is 41.6 Å². The number of imidazole rings is 1. The highest BCUT2D eigenvalue weighted by atomic mass is 32.1. The summed E-state index contributed by atoms with van der Waals surface area (Å²) in [6.07, 6.45) is 3.33. The highest BCUT2D eigenvalue weighted by molar-refractivity contribution is 7.17. The van der Waals surface area contributed by atoms with Crippen LogP contribution in [0, 0.1) is 0 Å². The molecule has 0 fully saturated rings. The van der Waals surface area contributed by atoms with Gasteiger partial charge in [0, 0.05) is 14.2 Å². The van der Waals surface area contributed by atoms with E-state index in [4.69, 9.17) is 9.57 Å². The first-order chi connectivity index (χ1) is 8.19. The number of thiazole rings is 1. The topological polar surface area (TPSA) is 56.1 Å². The van der Waals surface area contributed by atoms with Gasteiger partial charge in [-0.05, 0) is 0 Å². The molecule has 0 bridgehead atoms. The summed E-state index contributed by atoms with van der Waals surface area (Å²) in [5, 5.41) is 1.18. The maximum atomic E-state index is 12.1. The molecule has 0 aliphatic rings. The SMILES string of the molecule is COCc1sc2cncn2c1C(=O)N(C)OC. The summed E-state index contributed by atoms with van der Waals surface area (Å²) < 4.78 is 6.84. The molecule has 7 heteroatoms. The van der Waals surface area contributed by atoms with Gasteiger partial charge in [0.15, 0.2) is 0 Å². The molecule has 0 radical (unpaired) electrons. The number of nitrogens with zero attached hydrogens (tertiary/aromatic N) is 3. The maximum absolute atomic E-state index is 12.1. The number of aromatic nitrogens is 2. The van der Waals surface area contributed by atoms with Gasteiger partial charge in [0.05, 0.1) is 24.8 Å². The molecular formula is C10H13N3O3S. The van der Waals surface area contributed by atoms with Crippen molar-refractivity contribution in [3.8, 4) is 0 Å². The van der Waals surface area contributed by atoms with E-state index >= 15 is 0 Å². The molecule has 0 saturated heterocycles. The van der Waals surface area contributed by atoms with E-state index < -0.39 is 0 Å². The van der Waals surface area contributed by atoms with Crippen LogP contribution in [0.4, 0.5) is 0 Å². The third kappa shape index (κ3) is 2.04.